The Morgan fingerprint density at radius 3 is 2.33 bits per heavy atom. The lowest BCUT2D eigenvalue weighted by molar-refractivity contribution is -1.02. The Kier molecular flexibility index (Phi) is 6.93. The normalized spacial score (nSPS) is 22.2. The van der Waals surface area contributed by atoms with E-state index in [0.29, 0.717) is 12.5 Å². The minimum absolute atomic E-state index is 0.304. The van der Waals surface area contributed by atoms with Gasteiger partial charge in [0.05, 0.1) is 0 Å². The minimum atomic E-state index is 0.304. The zero-order valence-electron chi connectivity index (χ0n) is 17.9. The molecule has 4 rings (SSSR count). The molecule has 2 aliphatic rings. The molecule has 0 spiro atoms. The van der Waals surface area contributed by atoms with E-state index in [0.717, 1.165) is 69.6 Å². The van der Waals surface area contributed by atoms with E-state index < -0.39 is 0 Å². The second-order valence-corrected chi connectivity index (χ2v) is 9.06. The molecule has 2 aromatic carbocycles. The first-order chi connectivity index (χ1) is 14.6. The Morgan fingerprint density at radius 2 is 1.63 bits per heavy atom. The fourth-order valence-electron chi connectivity index (χ4n) is 4.60. The topological polar surface area (TPSA) is 32.4 Å². The summed E-state index contributed by atoms with van der Waals surface area (Å²) in [6.07, 6.45) is 0. The highest BCUT2D eigenvalue weighted by molar-refractivity contribution is 6.30. The van der Waals surface area contributed by atoms with E-state index in [1.165, 1.54) is 16.0 Å². The predicted octanol–water partition coefficient (Wildman–Crippen LogP) is 0.281. The number of benzene rings is 2. The van der Waals surface area contributed by atoms with E-state index in [9.17, 15) is 4.79 Å². The van der Waals surface area contributed by atoms with E-state index in [1.54, 1.807) is 4.90 Å². The second kappa shape index (κ2) is 9.82. The molecular weight excluding hydrogens is 396 g/mol. The maximum atomic E-state index is 12.8. The van der Waals surface area contributed by atoms with Crippen molar-refractivity contribution in [2.75, 3.05) is 63.8 Å². The Labute approximate surface area is 184 Å². The van der Waals surface area contributed by atoms with Crippen LogP contribution in [-0.2, 0) is 11.3 Å². The van der Waals surface area contributed by atoms with E-state index in [1.807, 2.05) is 23.1 Å². The molecule has 2 fully saturated rings. The first kappa shape index (κ1) is 21.2. The van der Waals surface area contributed by atoms with Crippen molar-refractivity contribution in [1.29, 1.82) is 0 Å². The van der Waals surface area contributed by atoms with Gasteiger partial charge in [0.25, 0.3) is 5.91 Å². The average Bonchev–Trinajstić information content (AvgIpc) is 2.77. The molecule has 30 heavy (non-hydrogen) atoms. The molecule has 2 aromatic rings. The van der Waals surface area contributed by atoms with Gasteiger partial charge in [-0.2, -0.15) is 0 Å². The zero-order valence-corrected chi connectivity index (χ0v) is 18.6. The van der Waals surface area contributed by atoms with Gasteiger partial charge in [-0.05, 0) is 30.7 Å². The minimum Gasteiger partial charge on any atom is -0.368 e. The highest BCUT2D eigenvalue weighted by Gasteiger charge is 2.28. The van der Waals surface area contributed by atoms with Crippen LogP contribution in [0.4, 0.5) is 5.69 Å². The number of piperazine rings is 2. The fraction of sp³-hybridized carbons (Fsp3) is 0.458. The number of aryl methyl sites for hydroxylation is 1. The molecule has 0 bridgehead atoms. The highest BCUT2D eigenvalue weighted by atomic mass is 35.5. The Hall–Kier alpha value is -2.08. The van der Waals surface area contributed by atoms with Crippen LogP contribution >= 0.6 is 11.6 Å². The van der Waals surface area contributed by atoms with Crippen LogP contribution in [0.15, 0.2) is 48.5 Å². The SMILES string of the molecule is Cc1ccccc1C[NH+]1CC[NH+](CC(=O)N2CCN(c3cccc(Cl)c3)CC2)CC1. The summed E-state index contributed by atoms with van der Waals surface area (Å²) in [4.78, 5) is 20.3. The summed E-state index contributed by atoms with van der Waals surface area (Å²) in [6.45, 7) is 11.7. The van der Waals surface area contributed by atoms with E-state index in [4.69, 9.17) is 11.6 Å². The molecule has 0 atom stereocenters. The summed E-state index contributed by atoms with van der Waals surface area (Å²) in [5.41, 5.74) is 3.98. The number of halogens is 1. The van der Waals surface area contributed by atoms with Crippen LogP contribution in [0.1, 0.15) is 11.1 Å². The van der Waals surface area contributed by atoms with E-state index in [2.05, 4.69) is 42.2 Å². The van der Waals surface area contributed by atoms with Crippen molar-refractivity contribution < 1.29 is 14.6 Å². The first-order valence-electron chi connectivity index (χ1n) is 11.1. The third-order valence-corrected chi connectivity index (χ3v) is 6.81. The Bertz CT molecular complexity index is 858. The number of carbonyl (C=O) groups is 1. The summed E-state index contributed by atoms with van der Waals surface area (Å²) in [5, 5.41) is 0.762. The smallest absolute Gasteiger partial charge is 0.277 e. The molecule has 0 radical (unpaired) electrons. The summed E-state index contributed by atoms with van der Waals surface area (Å²) in [5.74, 6) is 0.304. The van der Waals surface area contributed by atoms with Gasteiger partial charge < -0.3 is 19.6 Å². The van der Waals surface area contributed by atoms with Crippen molar-refractivity contribution >= 4 is 23.2 Å². The van der Waals surface area contributed by atoms with E-state index in [-0.39, 0.29) is 0 Å². The number of anilines is 1. The van der Waals surface area contributed by atoms with Gasteiger partial charge >= 0.3 is 0 Å². The standard InChI is InChI=1S/C24H31ClN4O/c1-20-5-2-3-6-21(20)18-26-9-11-27(12-10-26)19-24(30)29-15-13-28(14-16-29)23-8-4-7-22(25)17-23/h2-8,17H,9-16,18-19H2,1H3/p+2. The number of nitrogens with zero attached hydrogens (tertiary/aromatic N) is 2. The van der Waals surface area contributed by atoms with Crippen molar-refractivity contribution in [3.8, 4) is 0 Å². The van der Waals surface area contributed by atoms with Gasteiger partial charge in [0.1, 0.15) is 32.7 Å². The molecule has 6 heteroatoms. The third-order valence-electron chi connectivity index (χ3n) is 6.57. The van der Waals surface area contributed by atoms with Crippen molar-refractivity contribution in [1.82, 2.24) is 4.90 Å². The molecule has 160 valence electrons. The lowest BCUT2D eigenvalue weighted by Gasteiger charge is -2.37. The van der Waals surface area contributed by atoms with Gasteiger partial charge in [-0.3, -0.25) is 4.79 Å². The highest BCUT2D eigenvalue weighted by Crippen LogP contribution is 2.20. The van der Waals surface area contributed by atoms with Crippen molar-refractivity contribution in [3.05, 3.63) is 64.7 Å². The van der Waals surface area contributed by atoms with Crippen LogP contribution in [-0.4, -0.2) is 69.7 Å². The number of rotatable bonds is 5. The van der Waals surface area contributed by atoms with Crippen molar-refractivity contribution in [2.24, 2.45) is 0 Å². The maximum Gasteiger partial charge on any atom is 0.277 e. The van der Waals surface area contributed by atoms with Crippen molar-refractivity contribution in [2.45, 2.75) is 13.5 Å². The molecule has 2 N–H and O–H groups in total. The summed E-state index contributed by atoms with van der Waals surface area (Å²) in [6, 6.07) is 16.7. The van der Waals surface area contributed by atoms with Crippen LogP contribution in [0, 0.1) is 6.92 Å². The van der Waals surface area contributed by atoms with E-state index >= 15 is 0 Å². The summed E-state index contributed by atoms with van der Waals surface area (Å²) >= 11 is 6.12. The van der Waals surface area contributed by atoms with Gasteiger partial charge in [0.2, 0.25) is 0 Å². The lowest BCUT2D eigenvalue weighted by atomic mass is 10.1. The van der Waals surface area contributed by atoms with Gasteiger partial charge in [-0.1, -0.05) is 41.9 Å². The zero-order chi connectivity index (χ0) is 20.9. The van der Waals surface area contributed by atoms with Gasteiger partial charge in [0, 0.05) is 42.5 Å². The first-order valence-corrected chi connectivity index (χ1v) is 11.5. The molecule has 0 unspecified atom stereocenters. The summed E-state index contributed by atoms with van der Waals surface area (Å²) in [7, 11) is 0. The van der Waals surface area contributed by atoms with Gasteiger partial charge in [0.15, 0.2) is 6.54 Å². The Morgan fingerprint density at radius 1 is 0.933 bits per heavy atom. The molecule has 0 aliphatic carbocycles. The summed E-state index contributed by atoms with van der Waals surface area (Å²) < 4.78 is 0. The second-order valence-electron chi connectivity index (χ2n) is 8.63. The van der Waals surface area contributed by atoms with Crippen LogP contribution in [0.25, 0.3) is 0 Å². The quantitative estimate of drug-likeness (QED) is 0.717. The molecule has 2 aliphatic heterocycles. The number of quaternary nitrogens is 2. The number of carbonyl (C=O) groups excluding carboxylic acids is 1. The lowest BCUT2D eigenvalue weighted by Crippen LogP contribution is -3.28. The molecule has 5 nitrogen and oxygen atoms in total. The maximum absolute atomic E-state index is 12.8. The van der Waals surface area contributed by atoms with Crippen LogP contribution in [0.2, 0.25) is 5.02 Å². The Balaban J connectivity index is 1.20. The fourth-order valence-corrected chi connectivity index (χ4v) is 4.79. The number of hydrogen-bond donors (Lipinski definition) is 2. The van der Waals surface area contributed by atoms with Crippen molar-refractivity contribution in [3.63, 3.8) is 0 Å². The number of hydrogen-bond acceptors (Lipinski definition) is 2. The van der Waals surface area contributed by atoms with Crippen LogP contribution in [0.5, 0.6) is 0 Å². The number of amides is 1. The molecule has 2 heterocycles. The third kappa shape index (κ3) is 5.34. The molecule has 1 amide bonds. The average molecular weight is 429 g/mol. The van der Waals surface area contributed by atoms with Crippen LogP contribution < -0.4 is 14.7 Å². The van der Waals surface area contributed by atoms with Gasteiger partial charge in [-0.25, -0.2) is 0 Å². The molecule has 0 aromatic heterocycles. The number of nitrogens with one attached hydrogen (secondary N) is 2. The molecule has 0 saturated carbocycles. The largest absolute Gasteiger partial charge is 0.368 e. The molecular formula is C24H33ClN4O+2. The van der Waals surface area contributed by atoms with Crippen LogP contribution in [0.3, 0.4) is 0 Å². The van der Waals surface area contributed by atoms with Gasteiger partial charge in [-0.15, -0.1) is 0 Å². The molecule has 2 saturated heterocycles. The predicted molar refractivity (Wildman–Crippen MR) is 121 cm³/mol. The monoisotopic (exact) mass is 428 g/mol.